The van der Waals surface area contributed by atoms with E-state index in [-0.39, 0.29) is 23.0 Å². The number of carbonyl (C=O) groups is 1. The first-order valence-corrected chi connectivity index (χ1v) is 10.5. The summed E-state index contributed by atoms with van der Waals surface area (Å²) in [4.78, 5) is 14.2. The van der Waals surface area contributed by atoms with Crippen molar-refractivity contribution in [2.24, 2.45) is 0 Å². The van der Waals surface area contributed by atoms with Crippen LogP contribution in [-0.2, 0) is 22.7 Å². The van der Waals surface area contributed by atoms with E-state index >= 15 is 0 Å². The summed E-state index contributed by atoms with van der Waals surface area (Å²) in [6.07, 6.45) is -2.82. The van der Waals surface area contributed by atoms with E-state index in [0.29, 0.717) is 11.1 Å². The van der Waals surface area contributed by atoms with Crippen LogP contribution in [0.15, 0.2) is 47.4 Å². The van der Waals surface area contributed by atoms with Gasteiger partial charge in [0.15, 0.2) is 0 Å². The molecule has 5 nitrogen and oxygen atoms in total. The van der Waals surface area contributed by atoms with Crippen molar-refractivity contribution in [3.63, 3.8) is 0 Å². The second-order valence-electron chi connectivity index (χ2n) is 7.23. The molecule has 29 heavy (non-hydrogen) atoms. The third-order valence-electron chi connectivity index (χ3n) is 4.70. The predicted octanol–water partition coefficient (Wildman–Crippen LogP) is 3.73. The Morgan fingerprint density at radius 1 is 1.14 bits per heavy atom. The monoisotopic (exact) mass is 426 g/mol. The molecule has 1 aliphatic carbocycles. The zero-order valence-corrected chi connectivity index (χ0v) is 16.8. The summed E-state index contributed by atoms with van der Waals surface area (Å²) in [5.41, 5.74) is 0.621. The Kier molecular flexibility index (Phi) is 5.73. The molecular weight excluding hydrogens is 405 g/mol. The molecule has 0 atom stereocenters. The van der Waals surface area contributed by atoms with Gasteiger partial charge in [0.1, 0.15) is 0 Å². The number of hydrogen-bond acceptors (Lipinski definition) is 3. The highest BCUT2D eigenvalue weighted by atomic mass is 32.2. The van der Waals surface area contributed by atoms with Crippen molar-refractivity contribution in [2.75, 3.05) is 7.05 Å². The highest BCUT2D eigenvalue weighted by Crippen LogP contribution is 2.29. The van der Waals surface area contributed by atoms with Gasteiger partial charge in [-0.15, -0.1) is 0 Å². The van der Waals surface area contributed by atoms with Gasteiger partial charge in [0.05, 0.1) is 10.5 Å². The largest absolute Gasteiger partial charge is 0.416 e. The van der Waals surface area contributed by atoms with Crippen molar-refractivity contribution in [1.29, 1.82) is 0 Å². The molecule has 0 bridgehead atoms. The van der Waals surface area contributed by atoms with Crippen LogP contribution < -0.4 is 4.72 Å². The molecule has 2 aromatic rings. The van der Waals surface area contributed by atoms with Crippen LogP contribution >= 0.6 is 0 Å². The highest BCUT2D eigenvalue weighted by molar-refractivity contribution is 7.89. The number of aryl methyl sites for hydroxylation is 1. The first-order valence-electron chi connectivity index (χ1n) is 9.02. The highest BCUT2D eigenvalue weighted by Gasteiger charge is 2.30. The van der Waals surface area contributed by atoms with Crippen LogP contribution in [0.4, 0.5) is 13.2 Å². The van der Waals surface area contributed by atoms with Gasteiger partial charge in [-0.1, -0.05) is 18.2 Å². The van der Waals surface area contributed by atoms with E-state index in [2.05, 4.69) is 4.72 Å². The Hall–Kier alpha value is -2.39. The molecule has 0 heterocycles. The second kappa shape index (κ2) is 7.79. The average molecular weight is 426 g/mol. The quantitative estimate of drug-likeness (QED) is 0.766. The normalized spacial score (nSPS) is 14.7. The van der Waals surface area contributed by atoms with Crippen molar-refractivity contribution in [3.05, 3.63) is 64.7 Å². The molecule has 1 saturated carbocycles. The number of amides is 1. The topological polar surface area (TPSA) is 66.5 Å². The molecule has 1 aliphatic rings. The first kappa shape index (κ1) is 21.3. The third kappa shape index (κ3) is 5.16. The third-order valence-corrected chi connectivity index (χ3v) is 6.21. The number of nitrogens with one attached hydrogen (secondary N) is 1. The molecule has 0 radical (unpaired) electrons. The molecule has 0 unspecified atom stereocenters. The smallest absolute Gasteiger partial charge is 0.337 e. The molecule has 0 aliphatic heterocycles. The van der Waals surface area contributed by atoms with Gasteiger partial charge in [-0.2, -0.15) is 13.2 Å². The van der Waals surface area contributed by atoms with Gasteiger partial charge in [0.25, 0.3) is 5.91 Å². The molecule has 0 aromatic heterocycles. The van der Waals surface area contributed by atoms with E-state index in [1.54, 1.807) is 13.0 Å². The number of benzene rings is 2. The van der Waals surface area contributed by atoms with Crippen LogP contribution in [0.2, 0.25) is 0 Å². The van der Waals surface area contributed by atoms with E-state index in [9.17, 15) is 26.4 Å². The van der Waals surface area contributed by atoms with Crippen LogP contribution in [0, 0.1) is 6.92 Å². The molecule has 0 spiro atoms. The fourth-order valence-corrected chi connectivity index (χ4v) is 4.17. The Morgan fingerprint density at radius 2 is 1.76 bits per heavy atom. The van der Waals surface area contributed by atoms with Crippen molar-refractivity contribution in [1.82, 2.24) is 9.62 Å². The van der Waals surface area contributed by atoms with Gasteiger partial charge < -0.3 is 4.90 Å². The lowest BCUT2D eigenvalue weighted by atomic mass is 10.1. The summed E-state index contributed by atoms with van der Waals surface area (Å²) in [5.74, 6) is -0.411. The molecule has 1 fully saturated rings. The number of rotatable bonds is 6. The molecule has 156 valence electrons. The standard InChI is InChI=1S/C20H21F3N2O3S/c1-13-3-10-17(29(27,28)24-16-8-9-16)11-18(13)19(26)25(2)12-14-4-6-15(7-5-14)20(21,22)23/h3-7,10-11,16,24H,8-9,12H2,1-2H3. The summed E-state index contributed by atoms with van der Waals surface area (Å²) >= 11 is 0. The Bertz CT molecular complexity index is 1010. The molecule has 0 saturated heterocycles. The molecule has 1 amide bonds. The van der Waals surface area contributed by atoms with E-state index in [1.807, 2.05) is 0 Å². The van der Waals surface area contributed by atoms with E-state index in [4.69, 9.17) is 0 Å². The van der Waals surface area contributed by atoms with Crippen LogP contribution in [-0.4, -0.2) is 32.3 Å². The van der Waals surface area contributed by atoms with Crippen LogP contribution in [0.1, 0.15) is 39.9 Å². The Morgan fingerprint density at radius 3 is 2.31 bits per heavy atom. The fourth-order valence-electron chi connectivity index (χ4n) is 2.84. The lowest BCUT2D eigenvalue weighted by molar-refractivity contribution is -0.137. The van der Waals surface area contributed by atoms with Crippen LogP contribution in [0.3, 0.4) is 0 Å². The molecule has 9 heteroatoms. The minimum Gasteiger partial charge on any atom is -0.337 e. The maximum absolute atomic E-state index is 12.8. The van der Waals surface area contributed by atoms with Gasteiger partial charge in [0, 0.05) is 25.2 Å². The summed E-state index contributed by atoms with van der Waals surface area (Å²) < 4.78 is 65.4. The van der Waals surface area contributed by atoms with Crippen molar-refractivity contribution in [2.45, 2.75) is 43.4 Å². The SMILES string of the molecule is Cc1ccc(S(=O)(=O)NC2CC2)cc1C(=O)N(C)Cc1ccc(C(F)(F)F)cc1. The number of alkyl halides is 3. The molecular formula is C20H21F3N2O3S. The lowest BCUT2D eigenvalue weighted by Gasteiger charge is -2.19. The van der Waals surface area contributed by atoms with Gasteiger partial charge >= 0.3 is 6.18 Å². The van der Waals surface area contributed by atoms with Crippen molar-refractivity contribution in [3.8, 4) is 0 Å². The number of hydrogen-bond donors (Lipinski definition) is 1. The van der Waals surface area contributed by atoms with Crippen molar-refractivity contribution < 1.29 is 26.4 Å². The second-order valence-corrected chi connectivity index (χ2v) is 8.94. The Labute approximate surface area is 167 Å². The average Bonchev–Trinajstić information content (AvgIpc) is 3.44. The minimum absolute atomic E-state index is 0.0151. The minimum atomic E-state index is -4.42. The summed E-state index contributed by atoms with van der Waals surface area (Å²) in [6.45, 7) is 1.79. The van der Waals surface area contributed by atoms with Crippen LogP contribution in [0.5, 0.6) is 0 Å². The number of sulfonamides is 1. The van der Waals surface area contributed by atoms with Crippen molar-refractivity contribution >= 4 is 15.9 Å². The zero-order chi connectivity index (χ0) is 21.4. The zero-order valence-electron chi connectivity index (χ0n) is 16.0. The number of halogens is 3. The van der Waals surface area contributed by atoms with E-state index in [0.717, 1.165) is 25.0 Å². The molecule has 1 N–H and O–H groups in total. The molecule has 2 aromatic carbocycles. The predicted molar refractivity (Wildman–Crippen MR) is 102 cm³/mol. The Balaban J connectivity index is 1.77. The molecule has 3 rings (SSSR count). The van der Waals surface area contributed by atoms with Gasteiger partial charge in [-0.25, -0.2) is 13.1 Å². The summed E-state index contributed by atoms with van der Waals surface area (Å²) in [5, 5.41) is 0. The maximum Gasteiger partial charge on any atom is 0.416 e. The number of carbonyl (C=O) groups excluding carboxylic acids is 1. The summed E-state index contributed by atoms with van der Waals surface area (Å²) in [7, 11) is -2.18. The first-order chi connectivity index (χ1) is 13.5. The van der Waals surface area contributed by atoms with Gasteiger partial charge in [0.2, 0.25) is 10.0 Å². The fraction of sp³-hybridized carbons (Fsp3) is 0.350. The summed E-state index contributed by atoms with van der Waals surface area (Å²) in [6, 6.07) is 8.88. The number of nitrogens with zero attached hydrogens (tertiary/aromatic N) is 1. The lowest BCUT2D eigenvalue weighted by Crippen LogP contribution is -2.28. The van der Waals surface area contributed by atoms with E-state index < -0.39 is 27.7 Å². The van der Waals surface area contributed by atoms with Gasteiger partial charge in [-0.05, 0) is 55.2 Å². The van der Waals surface area contributed by atoms with E-state index in [1.165, 1.54) is 36.2 Å². The van der Waals surface area contributed by atoms with Crippen LogP contribution in [0.25, 0.3) is 0 Å². The van der Waals surface area contributed by atoms with Gasteiger partial charge in [-0.3, -0.25) is 4.79 Å². The maximum atomic E-state index is 12.8.